The molecule has 2 saturated heterocycles. The number of carbonyl (C=O) groups excluding carboxylic acids is 1. The minimum absolute atomic E-state index is 0.100. The van der Waals surface area contributed by atoms with Crippen LogP contribution in [-0.2, 0) is 25.5 Å². The molecular weight excluding hydrogens is 478 g/mol. The molecule has 0 saturated carbocycles. The molecular formula is C21H22ClN9O4. The summed E-state index contributed by atoms with van der Waals surface area (Å²) in [6, 6.07) is 7.36. The molecule has 13 nitrogen and oxygen atoms in total. The predicted molar refractivity (Wildman–Crippen MR) is 125 cm³/mol. The molecule has 0 spiro atoms. The lowest BCUT2D eigenvalue weighted by molar-refractivity contribution is -0.197. The molecule has 2 N–H and O–H groups in total. The van der Waals surface area contributed by atoms with E-state index in [4.69, 9.17) is 31.3 Å². The number of hydrogen-bond acceptors (Lipinski definition) is 9. The van der Waals surface area contributed by atoms with E-state index in [-0.39, 0.29) is 11.9 Å². The van der Waals surface area contributed by atoms with Gasteiger partial charge in [-0.2, -0.15) is 0 Å². The van der Waals surface area contributed by atoms with Crippen molar-refractivity contribution in [3.8, 4) is 0 Å². The number of halogens is 1. The Hall–Kier alpha value is -3.48. The van der Waals surface area contributed by atoms with Crippen LogP contribution in [0.2, 0.25) is 5.02 Å². The normalized spacial score (nSPS) is 24.7. The maximum absolute atomic E-state index is 12.5. The maximum atomic E-state index is 12.5. The number of ether oxygens (including phenoxy) is 3. The van der Waals surface area contributed by atoms with Gasteiger partial charge in [0.05, 0.1) is 6.33 Å². The third-order valence-electron chi connectivity index (χ3n) is 5.70. The van der Waals surface area contributed by atoms with Gasteiger partial charge >= 0.3 is 0 Å². The quantitative estimate of drug-likeness (QED) is 0.297. The SMILES string of the molecule is CNC(=O)[C@H]1O[C@@H](n2cnc3c(NCc4cccc(Cl)c4)nc(N=[N+]=[N-])nc32)[C@@H]2OC(C)(C)O[C@@H]21. The van der Waals surface area contributed by atoms with Crippen molar-refractivity contribution >= 4 is 40.4 Å². The van der Waals surface area contributed by atoms with Gasteiger partial charge in [-0.05, 0) is 42.2 Å². The fourth-order valence-electron chi connectivity index (χ4n) is 4.29. The first-order valence-electron chi connectivity index (χ1n) is 10.8. The van der Waals surface area contributed by atoms with E-state index in [1.165, 1.54) is 13.4 Å². The van der Waals surface area contributed by atoms with Crippen molar-refractivity contribution in [3.05, 3.63) is 51.6 Å². The zero-order valence-electron chi connectivity index (χ0n) is 19.0. The average Bonchev–Trinajstić information content (AvgIpc) is 3.47. The molecule has 2 aliphatic heterocycles. The van der Waals surface area contributed by atoms with Crippen LogP contribution < -0.4 is 10.6 Å². The Bertz CT molecular complexity index is 1340. The lowest BCUT2D eigenvalue weighted by atomic mass is 10.1. The van der Waals surface area contributed by atoms with Crippen LogP contribution in [0, 0.1) is 0 Å². The predicted octanol–water partition coefficient (Wildman–Crippen LogP) is 3.20. The number of fused-ring (bicyclic) bond motifs is 2. The van der Waals surface area contributed by atoms with E-state index in [1.807, 2.05) is 18.2 Å². The first kappa shape index (κ1) is 23.3. The molecule has 2 fully saturated rings. The number of likely N-dealkylation sites (N-methyl/N-ethyl adjacent to an activating group) is 1. The Kier molecular flexibility index (Phi) is 5.95. The number of imidazole rings is 1. The van der Waals surface area contributed by atoms with E-state index in [0.29, 0.717) is 28.5 Å². The lowest BCUT2D eigenvalue weighted by Gasteiger charge is -2.24. The second kappa shape index (κ2) is 8.95. The van der Waals surface area contributed by atoms with Crippen LogP contribution in [0.4, 0.5) is 11.8 Å². The number of carbonyl (C=O) groups is 1. The highest BCUT2D eigenvalue weighted by Crippen LogP contribution is 2.44. The Balaban J connectivity index is 1.53. The average molecular weight is 500 g/mol. The van der Waals surface area contributed by atoms with Crippen molar-refractivity contribution < 1.29 is 19.0 Å². The molecule has 35 heavy (non-hydrogen) atoms. The minimum atomic E-state index is -0.908. The van der Waals surface area contributed by atoms with Crippen molar-refractivity contribution in [2.24, 2.45) is 5.11 Å². The molecule has 0 bridgehead atoms. The molecule has 1 amide bonds. The molecule has 4 atom stereocenters. The maximum Gasteiger partial charge on any atom is 0.251 e. The first-order chi connectivity index (χ1) is 16.8. The van der Waals surface area contributed by atoms with E-state index >= 15 is 0 Å². The molecule has 5 rings (SSSR count). The van der Waals surface area contributed by atoms with Crippen molar-refractivity contribution in [1.82, 2.24) is 24.8 Å². The summed E-state index contributed by atoms with van der Waals surface area (Å²) >= 11 is 6.08. The monoisotopic (exact) mass is 499 g/mol. The second-order valence-corrected chi connectivity index (χ2v) is 8.93. The zero-order chi connectivity index (χ0) is 24.7. The fourth-order valence-corrected chi connectivity index (χ4v) is 4.50. The summed E-state index contributed by atoms with van der Waals surface area (Å²) in [6.45, 7) is 3.94. The van der Waals surface area contributed by atoms with Gasteiger partial charge in [-0.3, -0.25) is 9.36 Å². The highest BCUT2D eigenvalue weighted by atomic mass is 35.5. The Morgan fingerprint density at radius 3 is 2.86 bits per heavy atom. The summed E-state index contributed by atoms with van der Waals surface area (Å²) in [5.74, 6) is -0.981. The van der Waals surface area contributed by atoms with Gasteiger partial charge in [0.1, 0.15) is 12.2 Å². The molecule has 0 radical (unpaired) electrons. The largest absolute Gasteiger partial charge is 0.364 e. The number of benzene rings is 1. The number of amides is 1. The highest BCUT2D eigenvalue weighted by Gasteiger charge is 2.58. The molecule has 14 heteroatoms. The van der Waals surface area contributed by atoms with Gasteiger partial charge < -0.3 is 24.8 Å². The van der Waals surface area contributed by atoms with Gasteiger partial charge in [-0.15, -0.1) is 0 Å². The van der Waals surface area contributed by atoms with Gasteiger partial charge in [0.25, 0.3) is 5.91 Å². The number of nitrogens with one attached hydrogen (secondary N) is 2. The Labute approximate surface area is 204 Å². The van der Waals surface area contributed by atoms with Gasteiger partial charge in [0, 0.05) is 23.5 Å². The third-order valence-corrected chi connectivity index (χ3v) is 5.94. The number of hydrogen-bond donors (Lipinski definition) is 2. The number of azide groups is 1. The molecule has 0 unspecified atom stereocenters. The van der Waals surface area contributed by atoms with Crippen LogP contribution in [-0.4, -0.2) is 56.6 Å². The van der Waals surface area contributed by atoms with Gasteiger partial charge in [0.15, 0.2) is 35.1 Å². The van der Waals surface area contributed by atoms with Crippen LogP contribution in [0.1, 0.15) is 25.6 Å². The Morgan fingerprint density at radius 2 is 2.11 bits per heavy atom. The van der Waals surface area contributed by atoms with E-state index in [2.05, 4.69) is 35.6 Å². The van der Waals surface area contributed by atoms with Crippen molar-refractivity contribution in [3.63, 3.8) is 0 Å². The summed E-state index contributed by atoms with van der Waals surface area (Å²) in [4.78, 5) is 28.4. The van der Waals surface area contributed by atoms with E-state index in [0.717, 1.165) is 5.56 Å². The molecule has 182 valence electrons. The first-order valence-corrected chi connectivity index (χ1v) is 11.2. The lowest BCUT2D eigenvalue weighted by Crippen LogP contribution is -2.41. The van der Waals surface area contributed by atoms with Gasteiger partial charge in [-0.1, -0.05) is 23.7 Å². The van der Waals surface area contributed by atoms with E-state index in [9.17, 15) is 4.79 Å². The standard InChI is InChI=1S/C21H22ClN9O4/c1-21(2)34-13-14(18(32)24-3)33-19(15(13)35-21)31-9-26-12-16(27-20(29-30-23)28-17(12)31)25-8-10-5-4-6-11(22)7-10/h4-7,9,13-15,19H,8H2,1-3H3,(H,24,32)(H,25,27,28)/t13-,14+,15-,19-/m1/s1. The summed E-state index contributed by atoms with van der Waals surface area (Å²) in [7, 11) is 1.53. The minimum Gasteiger partial charge on any atom is -0.364 e. The number of nitrogens with zero attached hydrogens (tertiary/aromatic N) is 7. The number of rotatable bonds is 6. The van der Waals surface area contributed by atoms with Crippen molar-refractivity contribution in [2.75, 3.05) is 12.4 Å². The van der Waals surface area contributed by atoms with E-state index < -0.39 is 30.3 Å². The second-order valence-electron chi connectivity index (χ2n) is 8.50. The van der Waals surface area contributed by atoms with Gasteiger partial charge in [0.2, 0.25) is 5.95 Å². The highest BCUT2D eigenvalue weighted by molar-refractivity contribution is 6.30. The van der Waals surface area contributed by atoms with Crippen LogP contribution in [0.3, 0.4) is 0 Å². The number of aromatic nitrogens is 4. The topological polar surface area (TPSA) is 161 Å². The van der Waals surface area contributed by atoms with Crippen LogP contribution in [0.25, 0.3) is 21.6 Å². The fraction of sp³-hybridized carbons (Fsp3) is 0.429. The van der Waals surface area contributed by atoms with Crippen molar-refractivity contribution in [1.29, 1.82) is 0 Å². The molecule has 2 aliphatic rings. The smallest absolute Gasteiger partial charge is 0.251 e. The molecule has 4 heterocycles. The molecule has 1 aromatic carbocycles. The van der Waals surface area contributed by atoms with Crippen molar-refractivity contribution in [2.45, 2.75) is 50.7 Å². The van der Waals surface area contributed by atoms with E-state index in [1.54, 1.807) is 24.5 Å². The third kappa shape index (κ3) is 4.35. The van der Waals surface area contributed by atoms with Crippen LogP contribution in [0.15, 0.2) is 35.7 Å². The molecule has 0 aliphatic carbocycles. The summed E-state index contributed by atoms with van der Waals surface area (Å²) in [6.07, 6.45) is -1.39. The number of anilines is 1. The zero-order valence-corrected chi connectivity index (χ0v) is 19.8. The van der Waals surface area contributed by atoms with Crippen LogP contribution >= 0.6 is 11.6 Å². The van der Waals surface area contributed by atoms with Gasteiger partial charge in [-0.25, -0.2) is 15.0 Å². The Morgan fingerprint density at radius 1 is 1.31 bits per heavy atom. The summed E-state index contributed by atoms with van der Waals surface area (Å²) in [5.41, 5.74) is 10.7. The molecule has 2 aromatic heterocycles. The summed E-state index contributed by atoms with van der Waals surface area (Å²) < 4.78 is 19.7. The van der Waals surface area contributed by atoms with Crippen LogP contribution in [0.5, 0.6) is 0 Å². The summed E-state index contributed by atoms with van der Waals surface area (Å²) in [5, 5.41) is 9.98. The molecule has 3 aromatic rings.